The smallest absolute Gasteiger partial charge is 0.262 e. The summed E-state index contributed by atoms with van der Waals surface area (Å²) in [6, 6.07) is 8.28. The number of nitrogens with zero attached hydrogens (tertiary/aromatic N) is 2. The zero-order chi connectivity index (χ0) is 19.6. The lowest BCUT2D eigenvalue weighted by molar-refractivity contribution is -0.119. The fourth-order valence-electron chi connectivity index (χ4n) is 2.73. The van der Waals surface area contributed by atoms with Crippen LogP contribution < -0.4 is 10.9 Å². The van der Waals surface area contributed by atoms with E-state index in [9.17, 15) is 9.59 Å². The van der Waals surface area contributed by atoms with Crippen LogP contribution in [-0.2, 0) is 4.79 Å². The Labute approximate surface area is 165 Å². The highest BCUT2D eigenvalue weighted by Gasteiger charge is 2.17. The molecule has 0 aliphatic heterocycles. The molecule has 0 bridgehead atoms. The van der Waals surface area contributed by atoms with Gasteiger partial charge < -0.3 is 9.73 Å². The van der Waals surface area contributed by atoms with Crippen LogP contribution in [0, 0.1) is 0 Å². The predicted molar refractivity (Wildman–Crippen MR) is 107 cm³/mol. The Balaban J connectivity index is 1.82. The molecule has 2 heterocycles. The highest BCUT2D eigenvalue weighted by molar-refractivity contribution is 7.99. The van der Waals surface area contributed by atoms with E-state index >= 15 is 0 Å². The number of aromatic nitrogens is 2. The molecule has 1 aromatic carbocycles. The summed E-state index contributed by atoms with van der Waals surface area (Å²) in [6.45, 7) is 5.67. The standard InChI is InChI=1S/C19H20ClN3O3S/c1-11(2)23-18(25)14-7-6-13(20)9-15(14)22-19(23)27-10-17(24)21-12(3)16-5-4-8-26-16/h4-9,11-12H,10H2,1-3H3,(H,21,24)/t12-/m0/s1. The fourth-order valence-corrected chi connectivity index (χ4v) is 3.84. The average molecular weight is 406 g/mol. The lowest BCUT2D eigenvalue weighted by atomic mass is 10.2. The molecule has 3 rings (SSSR count). The molecule has 142 valence electrons. The number of rotatable bonds is 6. The summed E-state index contributed by atoms with van der Waals surface area (Å²) in [7, 11) is 0. The van der Waals surface area contributed by atoms with Crippen molar-refractivity contribution in [3.05, 3.63) is 57.7 Å². The lowest BCUT2D eigenvalue weighted by Gasteiger charge is -2.16. The molecular weight excluding hydrogens is 386 g/mol. The third-order valence-electron chi connectivity index (χ3n) is 4.03. The van der Waals surface area contributed by atoms with Crippen molar-refractivity contribution in [2.24, 2.45) is 0 Å². The average Bonchev–Trinajstić information content (AvgIpc) is 3.14. The molecule has 8 heteroatoms. The Morgan fingerprint density at radius 2 is 2.11 bits per heavy atom. The zero-order valence-corrected chi connectivity index (χ0v) is 16.8. The molecule has 1 N–H and O–H groups in total. The highest BCUT2D eigenvalue weighted by atomic mass is 35.5. The number of carbonyl (C=O) groups excluding carboxylic acids is 1. The first kappa shape index (κ1) is 19.5. The topological polar surface area (TPSA) is 77.1 Å². The Bertz CT molecular complexity index is 1010. The van der Waals surface area contributed by atoms with Crippen molar-refractivity contribution in [2.75, 3.05) is 5.75 Å². The zero-order valence-electron chi connectivity index (χ0n) is 15.2. The first-order chi connectivity index (χ1) is 12.9. The summed E-state index contributed by atoms with van der Waals surface area (Å²) in [5.74, 6) is 0.654. The molecule has 0 radical (unpaired) electrons. The van der Waals surface area contributed by atoms with Crippen molar-refractivity contribution >= 4 is 40.2 Å². The van der Waals surface area contributed by atoms with Crippen molar-refractivity contribution in [3.8, 4) is 0 Å². The van der Waals surface area contributed by atoms with E-state index in [2.05, 4.69) is 10.3 Å². The summed E-state index contributed by atoms with van der Waals surface area (Å²) >= 11 is 7.25. The fraction of sp³-hybridized carbons (Fsp3) is 0.316. The van der Waals surface area contributed by atoms with Crippen LogP contribution in [-0.4, -0.2) is 21.2 Å². The van der Waals surface area contributed by atoms with Crippen LogP contribution in [0.25, 0.3) is 10.9 Å². The molecule has 0 aliphatic carbocycles. The van der Waals surface area contributed by atoms with Gasteiger partial charge in [-0.25, -0.2) is 4.98 Å². The maximum absolute atomic E-state index is 12.8. The molecule has 0 unspecified atom stereocenters. The number of hydrogen-bond donors (Lipinski definition) is 1. The van der Waals surface area contributed by atoms with Gasteiger partial charge in [0.1, 0.15) is 5.76 Å². The van der Waals surface area contributed by atoms with Gasteiger partial charge in [0.05, 0.1) is 29.0 Å². The molecule has 27 heavy (non-hydrogen) atoms. The SMILES string of the molecule is CC(C)n1c(SCC(=O)N[C@@H](C)c2ccco2)nc2cc(Cl)ccc2c1=O. The van der Waals surface area contributed by atoms with Crippen molar-refractivity contribution in [2.45, 2.75) is 38.0 Å². The molecule has 0 saturated carbocycles. The van der Waals surface area contributed by atoms with Gasteiger partial charge in [0.25, 0.3) is 5.56 Å². The van der Waals surface area contributed by atoms with Gasteiger partial charge in [-0.15, -0.1) is 0 Å². The van der Waals surface area contributed by atoms with Gasteiger partial charge in [0.2, 0.25) is 5.91 Å². The number of nitrogens with one attached hydrogen (secondary N) is 1. The normalized spacial score (nSPS) is 12.5. The minimum Gasteiger partial charge on any atom is -0.467 e. The lowest BCUT2D eigenvalue weighted by Crippen LogP contribution is -2.29. The molecule has 1 atom stereocenters. The molecule has 1 amide bonds. The van der Waals surface area contributed by atoms with Crippen LogP contribution in [0.15, 0.2) is 51.0 Å². The second-order valence-corrected chi connectivity index (χ2v) is 7.80. The minimum absolute atomic E-state index is 0.0855. The third kappa shape index (κ3) is 4.36. The van der Waals surface area contributed by atoms with E-state index in [-0.39, 0.29) is 29.3 Å². The molecule has 0 saturated heterocycles. The van der Waals surface area contributed by atoms with Crippen molar-refractivity contribution < 1.29 is 9.21 Å². The van der Waals surface area contributed by atoms with E-state index in [1.807, 2.05) is 26.8 Å². The van der Waals surface area contributed by atoms with Gasteiger partial charge >= 0.3 is 0 Å². The largest absolute Gasteiger partial charge is 0.467 e. The molecule has 3 aromatic rings. The quantitative estimate of drug-likeness (QED) is 0.491. The Hall–Kier alpha value is -2.25. The molecular formula is C19H20ClN3O3S. The highest BCUT2D eigenvalue weighted by Crippen LogP contribution is 2.23. The molecule has 0 fully saturated rings. The van der Waals surface area contributed by atoms with Crippen LogP contribution in [0.3, 0.4) is 0 Å². The van der Waals surface area contributed by atoms with E-state index in [0.717, 1.165) is 0 Å². The van der Waals surface area contributed by atoms with Crippen LogP contribution in [0.4, 0.5) is 0 Å². The molecule has 0 aliphatic rings. The van der Waals surface area contributed by atoms with Gasteiger partial charge in [-0.1, -0.05) is 23.4 Å². The maximum Gasteiger partial charge on any atom is 0.262 e. The van der Waals surface area contributed by atoms with Crippen LogP contribution in [0.5, 0.6) is 0 Å². The van der Waals surface area contributed by atoms with E-state index in [0.29, 0.717) is 26.8 Å². The van der Waals surface area contributed by atoms with Crippen LogP contribution >= 0.6 is 23.4 Å². The molecule has 2 aromatic heterocycles. The van der Waals surface area contributed by atoms with Crippen LogP contribution in [0.2, 0.25) is 5.02 Å². The Morgan fingerprint density at radius 3 is 2.78 bits per heavy atom. The minimum atomic E-state index is -0.233. The predicted octanol–water partition coefficient (Wildman–Crippen LogP) is 4.19. The first-order valence-electron chi connectivity index (χ1n) is 8.54. The Kier molecular flexibility index (Phi) is 5.92. The number of hydrogen-bond acceptors (Lipinski definition) is 5. The van der Waals surface area contributed by atoms with Gasteiger partial charge in [-0.05, 0) is 51.1 Å². The third-order valence-corrected chi connectivity index (χ3v) is 5.22. The van der Waals surface area contributed by atoms with E-state index in [4.69, 9.17) is 16.0 Å². The Morgan fingerprint density at radius 1 is 1.33 bits per heavy atom. The summed E-state index contributed by atoms with van der Waals surface area (Å²) in [6.07, 6.45) is 1.57. The number of fused-ring (bicyclic) bond motifs is 1. The summed E-state index contributed by atoms with van der Waals surface area (Å²) < 4.78 is 6.89. The summed E-state index contributed by atoms with van der Waals surface area (Å²) in [5.41, 5.74) is 0.384. The van der Waals surface area contributed by atoms with Crippen LogP contribution in [0.1, 0.15) is 38.6 Å². The second kappa shape index (κ2) is 8.19. The van der Waals surface area contributed by atoms with Gasteiger partial charge in [-0.3, -0.25) is 14.2 Å². The number of halogens is 1. The van der Waals surface area contributed by atoms with Gasteiger partial charge in [0, 0.05) is 11.1 Å². The van der Waals surface area contributed by atoms with Crippen molar-refractivity contribution in [1.29, 1.82) is 0 Å². The number of amides is 1. The summed E-state index contributed by atoms with van der Waals surface area (Å²) in [5, 5.41) is 4.38. The van der Waals surface area contributed by atoms with Crippen molar-refractivity contribution in [3.63, 3.8) is 0 Å². The maximum atomic E-state index is 12.8. The van der Waals surface area contributed by atoms with E-state index in [1.165, 1.54) is 11.8 Å². The van der Waals surface area contributed by atoms with E-state index < -0.39 is 0 Å². The second-order valence-electron chi connectivity index (χ2n) is 6.42. The van der Waals surface area contributed by atoms with Crippen molar-refractivity contribution in [1.82, 2.24) is 14.9 Å². The first-order valence-corrected chi connectivity index (χ1v) is 9.90. The molecule has 0 spiro atoms. The monoisotopic (exact) mass is 405 g/mol. The summed E-state index contributed by atoms with van der Waals surface area (Å²) in [4.78, 5) is 29.7. The molecule has 6 nitrogen and oxygen atoms in total. The van der Waals surface area contributed by atoms with Gasteiger partial charge in [-0.2, -0.15) is 0 Å². The number of carbonyl (C=O) groups is 1. The van der Waals surface area contributed by atoms with E-state index in [1.54, 1.807) is 35.1 Å². The number of thioether (sulfide) groups is 1. The van der Waals surface area contributed by atoms with Gasteiger partial charge in [0.15, 0.2) is 5.16 Å². The number of benzene rings is 1. The number of furan rings is 1.